The number of methoxy groups -OCH3 is 1. The second-order valence-corrected chi connectivity index (χ2v) is 6.60. The Kier molecular flexibility index (Phi) is 6.63. The van der Waals surface area contributed by atoms with Crippen LogP contribution in [0.1, 0.15) is 25.3 Å². The minimum Gasteiger partial charge on any atom is -0.466 e. The van der Waals surface area contributed by atoms with Crippen LogP contribution in [0.25, 0.3) is 0 Å². The fourth-order valence-corrected chi connectivity index (χ4v) is 3.48. The third-order valence-corrected chi connectivity index (χ3v) is 4.57. The maximum Gasteiger partial charge on any atom is 0.314 e. The molecule has 0 aromatic heterocycles. The van der Waals surface area contributed by atoms with Gasteiger partial charge in [-0.3, -0.25) is 9.59 Å². The summed E-state index contributed by atoms with van der Waals surface area (Å²) in [5.74, 6) is -0.350. The van der Waals surface area contributed by atoms with Gasteiger partial charge in [0.25, 0.3) is 0 Å². The molecule has 5 nitrogen and oxygen atoms in total. The zero-order valence-corrected chi connectivity index (χ0v) is 15.0. The number of nitrogens with zero attached hydrogens (tertiary/aromatic N) is 1. The molecule has 0 radical (unpaired) electrons. The van der Waals surface area contributed by atoms with Gasteiger partial charge in [0.2, 0.25) is 5.91 Å². The minimum absolute atomic E-state index is 0.0239. The number of piperidine rings is 1. The molecular weight excluding hydrogens is 330 g/mol. The van der Waals surface area contributed by atoms with E-state index < -0.39 is 5.41 Å². The molecule has 0 aliphatic carbocycles. The Hall–Kier alpha value is -1.59. The van der Waals surface area contributed by atoms with E-state index in [2.05, 4.69) is 0 Å². The standard InChI is InChI=1S/C18H24ClNO4/c1-3-24-17(22)18(11-14-6-4-7-15(19)10-14)8-5-9-20(13-18)16(21)12-23-2/h4,6-7,10H,3,5,8-9,11-13H2,1-2H3/t18-/m1/s1. The summed E-state index contributed by atoms with van der Waals surface area (Å²) in [4.78, 5) is 26.6. The Morgan fingerprint density at radius 2 is 2.17 bits per heavy atom. The number of halogens is 1. The fourth-order valence-electron chi connectivity index (χ4n) is 3.26. The summed E-state index contributed by atoms with van der Waals surface area (Å²) in [5, 5.41) is 0.634. The number of ether oxygens (including phenoxy) is 2. The number of likely N-dealkylation sites (tertiary alicyclic amines) is 1. The van der Waals surface area contributed by atoms with Crippen LogP contribution in [0.2, 0.25) is 5.02 Å². The highest BCUT2D eigenvalue weighted by atomic mass is 35.5. The SMILES string of the molecule is CCOC(=O)[C@@]1(Cc2cccc(Cl)c2)CCCN(C(=O)COC)C1. The number of carbonyl (C=O) groups excluding carboxylic acids is 2. The summed E-state index contributed by atoms with van der Waals surface area (Å²) >= 11 is 6.07. The number of amides is 1. The molecule has 1 aliphatic rings. The summed E-state index contributed by atoms with van der Waals surface area (Å²) in [6.45, 7) is 3.12. The van der Waals surface area contributed by atoms with E-state index in [-0.39, 0.29) is 18.5 Å². The highest BCUT2D eigenvalue weighted by Crippen LogP contribution is 2.36. The third kappa shape index (κ3) is 4.48. The largest absolute Gasteiger partial charge is 0.466 e. The molecule has 0 N–H and O–H groups in total. The van der Waals surface area contributed by atoms with Crippen LogP contribution in [0.5, 0.6) is 0 Å². The van der Waals surface area contributed by atoms with Crippen molar-refractivity contribution in [2.24, 2.45) is 5.41 Å². The monoisotopic (exact) mass is 353 g/mol. The number of carbonyl (C=O) groups is 2. The molecule has 2 rings (SSSR count). The van der Waals surface area contributed by atoms with Gasteiger partial charge in [0.15, 0.2) is 0 Å². The zero-order chi connectivity index (χ0) is 17.6. The lowest BCUT2D eigenvalue weighted by molar-refractivity contribution is -0.161. The molecule has 1 atom stereocenters. The van der Waals surface area contributed by atoms with Gasteiger partial charge in [-0.25, -0.2) is 0 Å². The molecule has 1 saturated heterocycles. The Labute approximate surface area is 147 Å². The second kappa shape index (κ2) is 8.49. The van der Waals surface area contributed by atoms with Crippen molar-refractivity contribution in [3.63, 3.8) is 0 Å². The molecule has 6 heteroatoms. The maximum absolute atomic E-state index is 12.7. The van der Waals surface area contributed by atoms with Crippen molar-refractivity contribution in [2.75, 3.05) is 33.4 Å². The van der Waals surface area contributed by atoms with E-state index in [0.29, 0.717) is 37.6 Å². The molecule has 132 valence electrons. The Morgan fingerprint density at radius 3 is 2.83 bits per heavy atom. The van der Waals surface area contributed by atoms with Crippen LogP contribution in [0.15, 0.2) is 24.3 Å². The smallest absolute Gasteiger partial charge is 0.314 e. The van der Waals surface area contributed by atoms with Gasteiger partial charge in [0, 0.05) is 25.2 Å². The van der Waals surface area contributed by atoms with E-state index in [0.717, 1.165) is 12.0 Å². The molecule has 1 aliphatic heterocycles. The summed E-state index contributed by atoms with van der Waals surface area (Å²) < 4.78 is 10.3. The molecule has 1 fully saturated rings. The van der Waals surface area contributed by atoms with E-state index >= 15 is 0 Å². The molecule has 1 amide bonds. The van der Waals surface area contributed by atoms with Crippen molar-refractivity contribution in [2.45, 2.75) is 26.2 Å². The van der Waals surface area contributed by atoms with Crippen LogP contribution >= 0.6 is 11.6 Å². The van der Waals surface area contributed by atoms with Crippen LogP contribution in [-0.4, -0.2) is 50.2 Å². The van der Waals surface area contributed by atoms with E-state index in [1.165, 1.54) is 7.11 Å². The average Bonchev–Trinajstić information content (AvgIpc) is 2.55. The quantitative estimate of drug-likeness (QED) is 0.738. The lowest BCUT2D eigenvalue weighted by Crippen LogP contribution is -2.52. The Morgan fingerprint density at radius 1 is 1.38 bits per heavy atom. The first-order chi connectivity index (χ1) is 11.5. The van der Waals surface area contributed by atoms with Crippen LogP contribution in [0, 0.1) is 5.41 Å². The summed E-state index contributed by atoms with van der Waals surface area (Å²) in [6, 6.07) is 7.48. The van der Waals surface area contributed by atoms with Crippen molar-refractivity contribution in [3.05, 3.63) is 34.9 Å². The lowest BCUT2D eigenvalue weighted by Gasteiger charge is -2.41. The predicted octanol–water partition coefficient (Wildman–Crippen LogP) is 2.70. The Balaban J connectivity index is 2.26. The molecule has 0 unspecified atom stereocenters. The molecule has 0 bridgehead atoms. The van der Waals surface area contributed by atoms with E-state index in [4.69, 9.17) is 21.1 Å². The highest BCUT2D eigenvalue weighted by molar-refractivity contribution is 6.30. The maximum atomic E-state index is 12.7. The fraction of sp³-hybridized carbons (Fsp3) is 0.556. The van der Waals surface area contributed by atoms with Crippen molar-refractivity contribution in [1.82, 2.24) is 4.90 Å². The van der Waals surface area contributed by atoms with E-state index in [1.807, 2.05) is 18.2 Å². The van der Waals surface area contributed by atoms with Gasteiger partial charge < -0.3 is 14.4 Å². The summed E-state index contributed by atoms with van der Waals surface area (Å²) in [6.07, 6.45) is 1.95. The topological polar surface area (TPSA) is 55.8 Å². The van der Waals surface area contributed by atoms with Crippen molar-refractivity contribution in [1.29, 1.82) is 0 Å². The molecule has 24 heavy (non-hydrogen) atoms. The normalized spacial score (nSPS) is 20.7. The van der Waals surface area contributed by atoms with E-state index in [9.17, 15) is 9.59 Å². The van der Waals surface area contributed by atoms with Gasteiger partial charge in [-0.2, -0.15) is 0 Å². The number of benzene rings is 1. The number of esters is 1. The summed E-state index contributed by atoms with van der Waals surface area (Å²) in [7, 11) is 1.49. The lowest BCUT2D eigenvalue weighted by atomic mass is 9.75. The van der Waals surface area contributed by atoms with Crippen LogP contribution in [-0.2, 0) is 25.5 Å². The average molecular weight is 354 g/mol. The van der Waals surface area contributed by atoms with Gasteiger partial charge >= 0.3 is 5.97 Å². The molecule has 1 aromatic rings. The number of hydrogen-bond donors (Lipinski definition) is 0. The van der Waals surface area contributed by atoms with Gasteiger partial charge in [-0.05, 0) is 43.9 Å². The predicted molar refractivity (Wildman–Crippen MR) is 91.9 cm³/mol. The highest BCUT2D eigenvalue weighted by Gasteiger charge is 2.44. The van der Waals surface area contributed by atoms with Gasteiger partial charge in [-0.15, -0.1) is 0 Å². The minimum atomic E-state index is -0.734. The summed E-state index contributed by atoms with van der Waals surface area (Å²) in [5.41, 5.74) is 0.235. The number of hydrogen-bond acceptors (Lipinski definition) is 4. The number of rotatable bonds is 6. The Bertz CT molecular complexity index is 592. The van der Waals surface area contributed by atoms with Gasteiger partial charge in [-0.1, -0.05) is 23.7 Å². The van der Waals surface area contributed by atoms with Crippen LogP contribution in [0.3, 0.4) is 0 Å². The molecular formula is C18H24ClNO4. The van der Waals surface area contributed by atoms with Crippen molar-refractivity contribution < 1.29 is 19.1 Å². The molecule has 1 aromatic carbocycles. The first-order valence-corrected chi connectivity index (χ1v) is 8.57. The second-order valence-electron chi connectivity index (χ2n) is 6.16. The van der Waals surface area contributed by atoms with Gasteiger partial charge in [0.1, 0.15) is 6.61 Å². The third-order valence-electron chi connectivity index (χ3n) is 4.34. The molecule has 0 spiro atoms. The zero-order valence-electron chi connectivity index (χ0n) is 14.2. The molecule has 0 saturated carbocycles. The van der Waals surface area contributed by atoms with Gasteiger partial charge in [0.05, 0.1) is 12.0 Å². The van der Waals surface area contributed by atoms with Crippen molar-refractivity contribution in [3.8, 4) is 0 Å². The van der Waals surface area contributed by atoms with Crippen LogP contribution < -0.4 is 0 Å². The van der Waals surface area contributed by atoms with Crippen molar-refractivity contribution >= 4 is 23.5 Å². The van der Waals surface area contributed by atoms with Crippen LogP contribution in [0.4, 0.5) is 0 Å². The first kappa shape index (κ1) is 18.7. The molecule has 1 heterocycles. The van der Waals surface area contributed by atoms with E-state index in [1.54, 1.807) is 17.9 Å². The first-order valence-electron chi connectivity index (χ1n) is 8.19.